The molecule has 12 atom stereocenters. The minimum absolute atomic E-state index is 0.0238. The van der Waals surface area contributed by atoms with E-state index in [9.17, 15) is 4.79 Å². The second kappa shape index (κ2) is 14.0. The quantitative estimate of drug-likeness (QED) is 0.235. The van der Waals surface area contributed by atoms with E-state index in [1.54, 1.807) is 7.11 Å². The van der Waals surface area contributed by atoms with Crippen LogP contribution in [0, 0.1) is 51.2 Å². The Kier molecular flexibility index (Phi) is 10.1. The lowest BCUT2D eigenvalue weighted by molar-refractivity contribution is -0.245. The predicted octanol–water partition coefficient (Wildman–Crippen LogP) is 6.68. The Morgan fingerprint density at radius 2 is 1.75 bits per heavy atom. The first-order chi connectivity index (χ1) is 24.4. The zero-order valence-electron chi connectivity index (χ0n) is 33.2. The van der Waals surface area contributed by atoms with Crippen LogP contribution < -0.4 is 0 Å². The molecule has 3 heterocycles. The maximum Gasteiger partial charge on any atom is 0.410 e. The molecule has 51 heavy (non-hydrogen) atoms. The van der Waals surface area contributed by atoms with Gasteiger partial charge >= 0.3 is 6.09 Å². The maximum absolute atomic E-state index is 12.9. The lowest BCUT2D eigenvalue weighted by Gasteiger charge is -2.60. The van der Waals surface area contributed by atoms with Crippen molar-refractivity contribution < 1.29 is 28.5 Å². The topological polar surface area (TPSA) is 72.9 Å². The highest BCUT2D eigenvalue weighted by molar-refractivity contribution is 5.68. The molecule has 9 heteroatoms. The molecule has 3 aliphatic heterocycles. The molecule has 8 aliphatic rings. The van der Waals surface area contributed by atoms with Crippen molar-refractivity contribution in [1.82, 2.24) is 14.7 Å². The zero-order valence-corrected chi connectivity index (χ0v) is 33.2. The molecule has 0 bridgehead atoms. The Balaban J connectivity index is 0.902. The number of amides is 1. The minimum atomic E-state index is -0.155. The van der Waals surface area contributed by atoms with Crippen LogP contribution in [-0.2, 0) is 23.7 Å². The fraction of sp³-hybridized carbons (Fsp3) is 0.976. The third kappa shape index (κ3) is 6.22. The molecule has 5 saturated carbocycles. The van der Waals surface area contributed by atoms with Crippen LogP contribution in [0.15, 0.2) is 0 Å². The van der Waals surface area contributed by atoms with Crippen LogP contribution in [0.3, 0.4) is 0 Å². The maximum atomic E-state index is 12.9. The van der Waals surface area contributed by atoms with Crippen LogP contribution in [0.1, 0.15) is 105 Å². The molecular weight excluding hydrogens is 642 g/mol. The molecule has 8 rings (SSSR count). The SMILES string of the molecule is COCCN(C)CCN1CCOC(OC2CCC34CC35CCC3(C)C6CCC(C(OC(=O)N7CCC7)C(C)C)OC6CC3C5CCC4C2(C)C)C1. The second-order valence-corrected chi connectivity index (χ2v) is 19.8. The van der Waals surface area contributed by atoms with Crippen molar-refractivity contribution in [2.24, 2.45) is 51.2 Å². The number of hydrogen-bond donors (Lipinski definition) is 0. The van der Waals surface area contributed by atoms with Crippen LogP contribution in [0.4, 0.5) is 4.79 Å². The molecular formula is C42H71N3O6. The molecule has 290 valence electrons. The van der Waals surface area contributed by atoms with Gasteiger partial charge in [0.05, 0.1) is 31.5 Å². The van der Waals surface area contributed by atoms with E-state index in [0.29, 0.717) is 28.3 Å². The Morgan fingerprint density at radius 1 is 0.941 bits per heavy atom. The third-order valence-electron chi connectivity index (χ3n) is 16.8. The van der Waals surface area contributed by atoms with Gasteiger partial charge in [0, 0.05) is 52.9 Å². The third-order valence-corrected chi connectivity index (χ3v) is 16.8. The van der Waals surface area contributed by atoms with Gasteiger partial charge in [-0.15, -0.1) is 0 Å². The molecule has 0 aromatic carbocycles. The summed E-state index contributed by atoms with van der Waals surface area (Å²) < 4.78 is 31.8. The first kappa shape index (κ1) is 37.0. The second-order valence-electron chi connectivity index (χ2n) is 19.8. The van der Waals surface area contributed by atoms with Gasteiger partial charge in [0.2, 0.25) is 0 Å². The summed E-state index contributed by atoms with van der Waals surface area (Å²) in [6.45, 7) is 20.2. The van der Waals surface area contributed by atoms with Gasteiger partial charge in [-0.3, -0.25) is 4.90 Å². The van der Waals surface area contributed by atoms with Crippen molar-refractivity contribution in [3.63, 3.8) is 0 Å². The highest BCUT2D eigenvalue weighted by atomic mass is 16.7. The number of nitrogens with zero attached hydrogens (tertiary/aromatic N) is 3. The van der Waals surface area contributed by atoms with Gasteiger partial charge in [-0.2, -0.15) is 0 Å². The number of carbonyl (C=O) groups excluding carboxylic acids is 1. The molecule has 8 fully saturated rings. The van der Waals surface area contributed by atoms with Crippen LogP contribution in [0.2, 0.25) is 0 Å². The molecule has 5 aliphatic carbocycles. The number of rotatable bonds is 11. The Labute approximate surface area is 309 Å². The number of hydrogen-bond acceptors (Lipinski definition) is 8. The molecule has 9 nitrogen and oxygen atoms in total. The molecule has 0 aromatic heterocycles. The van der Waals surface area contributed by atoms with Crippen molar-refractivity contribution >= 4 is 6.09 Å². The summed E-state index contributed by atoms with van der Waals surface area (Å²) in [7, 11) is 3.96. The Hall–Kier alpha value is -0.970. The molecule has 12 unspecified atom stereocenters. The van der Waals surface area contributed by atoms with Crippen molar-refractivity contribution in [2.45, 2.75) is 136 Å². The van der Waals surface area contributed by atoms with Gasteiger partial charge in [-0.05, 0) is 129 Å². The highest BCUT2D eigenvalue weighted by Crippen LogP contribution is 2.87. The van der Waals surface area contributed by atoms with Gasteiger partial charge in [0.1, 0.15) is 6.10 Å². The van der Waals surface area contributed by atoms with Gasteiger partial charge in [0.25, 0.3) is 0 Å². The van der Waals surface area contributed by atoms with Gasteiger partial charge in [-0.25, -0.2) is 4.79 Å². The zero-order chi connectivity index (χ0) is 35.8. The predicted molar refractivity (Wildman–Crippen MR) is 197 cm³/mol. The number of likely N-dealkylation sites (tertiary alicyclic amines) is 1. The number of likely N-dealkylation sites (N-methyl/N-ethyl adjacent to an activating group) is 1. The van der Waals surface area contributed by atoms with E-state index in [-0.39, 0.29) is 42.0 Å². The first-order valence-corrected chi connectivity index (χ1v) is 21.2. The molecule has 0 N–H and O–H groups in total. The van der Waals surface area contributed by atoms with E-state index < -0.39 is 0 Å². The average Bonchev–Trinajstić information content (AvgIpc) is 3.65. The van der Waals surface area contributed by atoms with Crippen molar-refractivity contribution in [2.75, 3.05) is 73.2 Å². The lowest BCUT2D eigenvalue weighted by atomic mass is 9.46. The van der Waals surface area contributed by atoms with Crippen molar-refractivity contribution in [1.29, 1.82) is 0 Å². The fourth-order valence-electron chi connectivity index (χ4n) is 13.9. The number of carbonyl (C=O) groups is 1. The van der Waals surface area contributed by atoms with Gasteiger partial charge in [-0.1, -0.05) is 34.6 Å². The van der Waals surface area contributed by atoms with E-state index in [0.717, 1.165) is 89.6 Å². The molecule has 2 spiro atoms. The Bertz CT molecular complexity index is 1260. The fourth-order valence-corrected chi connectivity index (χ4v) is 13.9. The minimum Gasteiger partial charge on any atom is -0.443 e. The molecule has 1 amide bonds. The summed E-state index contributed by atoms with van der Waals surface area (Å²) in [4.78, 5) is 19.6. The molecule has 0 radical (unpaired) electrons. The largest absolute Gasteiger partial charge is 0.443 e. The summed E-state index contributed by atoms with van der Waals surface area (Å²) in [5.74, 6) is 3.22. The van der Waals surface area contributed by atoms with Crippen LogP contribution >= 0.6 is 0 Å². The smallest absolute Gasteiger partial charge is 0.410 e. The standard InChI is InChI=1S/C42H71N3O6/c1-28(2)37(51-38(46)45-17-8-18-45)32-11-9-30-33(49-32)25-31-29-10-12-34-39(3,4)35(13-14-42(34)27-41(29,42)16-15-40(30,31)5)50-36-26-44(22-24-48-36)20-19-43(6)21-23-47-7/h28-37H,8-27H2,1-7H3. The summed E-state index contributed by atoms with van der Waals surface area (Å²) in [6, 6.07) is 0. The van der Waals surface area contributed by atoms with E-state index in [1.165, 1.54) is 57.8 Å². The van der Waals surface area contributed by atoms with E-state index in [1.807, 2.05) is 4.90 Å². The monoisotopic (exact) mass is 714 g/mol. The van der Waals surface area contributed by atoms with Crippen molar-refractivity contribution in [3.05, 3.63) is 0 Å². The number of fused-ring (bicyclic) bond motifs is 4. The number of morpholine rings is 1. The summed E-state index contributed by atoms with van der Waals surface area (Å²) in [6.07, 6.45) is 14.2. The van der Waals surface area contributed by atoms with Gasteiger partial charge < -0.3 is 33.5 Å². The number of methoxy groups -OCH3 is 1. The highest BCUT2D eigenvalue weighted by Gasteiger charge is 2.80. The van der Waals surface area contributed by atoms with Gasteiger partial charge in [0.15, 0.2) is 6.29 Å². The lowest BCUT2D eigenvalue weighted by Crippen LogP contribution is -2.56. The molecule has 0 aromatic rings. The summed E-state index contributed by atoms with van der Waals surface area (Å²) in [5, 5.41) is 0. The van der Waals surface area contributed by atoms with E-state index in [2.05, 4.69) is 51.5 Å². The summed E-state index contributed by atoms with van der Waals surface area (Å²) >= 11 is 0. The van der Waals surface area contributed by atoms with Crippen LogP contribution in [-0.4, -0.2) is 125 Å². The summed E-state index contributed by atoms with van der Waals surface area (Å²) in [5.41, 5.74) is 1.55. The van der Waals surface area contributed by atoms with E-state index in [4.69, 9.17) is 23.7 Å². The Morgan fingerprint density at radius 3 is 2.49 bits per heavy atom. The van der Waals surface area contributed by atoms with Crippen molar-refractivity contribution in [3.8, 4) is 0 Å². The normalized spacial score (nSPS) is 44.8. The number of ether oxygens (including phenoxy) is 5. The van der Waals surface area contributed by atoms with Crippen LogP contribution in [0.5, 0.6) is 0 Å². The first-order valence-electron chi connectivity index (χ1n) is 21.2. The average molecular weight is 714 g/mol. The molecule has 3 saturated heterocycles. The van der Waals surface area contributed by atoms with Crippen LogP contribution in [0.25, 0.3) is 0 Å². The van der Waals surface area contributed by atoms with E-state index >= 15 is 0 Å².